The molecule has 0 unspecified atom stereocenters. The largest absolute Gasteiger partial charge is 0.397 e. The number of hydrogen-bond donors (Lipinski definition) is 2. The molecule has 2 aromatic carbocycles. The number of aromatic nitrogens is 1. The third-order valence-electron chi connectivity index (χ3n) is 3.04. The Morgan fingerprint density at radius 1 is 1.30 bits per heavy atom. The molecule has 5 heteroatoms. The van der Waals surface area contributed by atoms with Gasteiger partial charge in [-0.25, -0.2) is 4.98 Å². The lowest BCUT2D eigenvalue weighted by atomic mass is 10.2. The van der Waals surface area contributed by atoms with E-state index in [9.17, 15) is 0 Å². The van der Waals surface area contributed by atoms with E-state index in [0.717, 1.165) is 37.2 Å². The predicted molar refractivity (Wildman–Crippen MR) is 87.5 cm³/mol. The van der Waals surface area contributed by atoms with Crippen molar-refractivity contribution in [2.75, 3.05) is 11.1 Å². The number of thiazole rings is 1. The molecule has 0 saturated heterocycles. The number of aryl methyl sites for hydroxylation is 1. The van der Waals surface area contributed by atoms with E-state index in [-0.39, 0.29) is 0 Å². The van der Waals surface area contributed by atoms with E-state index in [0.29, 0.717) is 6.54 Å². The first-order valence-corrected chi connectivity index (χ1v) is 7.46. The summed E-state index contributed by atoms with van der Waals surface area (Å²) in [5.41, 5.74) is 9.82. The van der Waals surface area contributed by atoms with Crippen LogP contribution in [0.3, 0.4) is 0 Å². The molecule has 0 aliphatic heterocycles. The number of rotatable bonds is 3. The molecule has 102 valence electrons. The van der Waals surface area contributed by atoms with E-state index in [4.69, 9.17) is 17.3 Å². The highest BCUT2D eigenvalue weighted by molar-refractivity contribution is 7.18. The van der Waals surface area contributed by atoms with Crippen molar-refractivity contribution in [2.24, 2.45) is 0 Å². The van der Waals surface area contributed by atoms with Crippen molar-refractivity contribution in [2.45, 2.75) is 13.5 Å². The molecule has 1 heterocycles. The summed E-state index contributed by atoms with van der Waals surface area (Å²) in [7, 11) is 0. The summed E-state index contributed by atoms with van der Waals surface area (Å²) in [4.78, 5) is 4.49. The molecule has 3 nitrogen and oxygen atoms in total. The standard InChI is InChI=1S/C15H14ClN3S/c1-9-19-14-7-13(12(17)6-15(14)20-9)18-8-10-3-2-4-11(16)5-10/h2-7,18H,8,17H2,1H3. The van der Waals surface area contributed by atoms with Crippen molar-refractivity contribution in [1.29, 1.82) is 0 Å². The summed E-state index contributed by atoms with van der Waals surface area (Å²) < 4.78 is 1.12. The molecule has 0 atom stereocenters. The van der Waals surface area contributed by atoms with E-state index >= 15 is 0 Å². The van der Waals surface area contributed by atoms with Crippen LogP contribution in [0.15, 0.2) is 36.4 Å². The van der Waals surface area contributed by atoms with Gasteiger partial charge in [0.05, 0.1) is 26.6 Å². The number of halogens is 1. The quantitative estimate of drug-likeness (QED) is 0.703. The van der Waals surface area contributed by atoms with Crippen LogP contribution in [0.2, 0.25) is 5.02 Å². The maximum Gasteiger partial charge on any atom is 0.0907 e. The van der Waals surface area contributed by atoms with Crippen LogP contribution in [-0.4, -0.2) is 4.98 Å². The molecule has 20 heavy (non-hydrogen) atoms. The Hall–Kier alpha value is -1.78. The Labute approximate surface area is 126 Å². The highest BCUT2D eigenvalue weighted by atomic mass is 35.5. The fourth-order valence-electron chi connectivity index (χ4n) is 2.10. The van der Waals surface area contributed by atoms with Crippen LogP contribution in [0.5, 0.6) is 0 Å². The number of nitrogens with two attached hydrogens (primary N) is 1. The zero-order valence-corrected chi connectivity index (χ0v) is 12.6. The van der Waals surface area contributed by atoms with E-state index < -0.39 is 0 Å². The van der Waals surface area contributed by atoms with Crippen LogP contribution in [-0.2, 0) is 6.54 Å². The molecule has 0 spiro atoms. The Balaban J connectivity index is 1.85. The van der Waals surface area contributed by atoms with Crippen molar-refractivity contribution in [1.82, 2.24) is 4.98 Å². The summed E-state index contributed by atoms with van der Waals surface area (Å²) >= 11 is 7.63. The van der Waals surface area contributed by atoms with Crippen molar-refractivity contribution in [3.05, 3.63) is 52.0 Å². The minimum atomic E-state index is 0.680. The first-order valence-electron chi connectivity index (χ1n) is 6.27. The number of nitrogen functional groups attached to an aromatic ring is 1. The van der Waals surface area contributed by atoms with Crippen LogP contribution in [0.4, 0.5) is 11.4 Å². The molecule has 3 aromatic rings. The molecule has 3 N–H and O–H groups in total. The number of benzene rings is 2. The first kappa shape index (κ1) is 13.2. The Morgan fingerprint density at radius 2 is 2.15 bits per heavy atom. The number of anilines is 2. The molecule has 0 radical (unpaired) electrons. The van der Waals surface area contributed by atoms with E-state index in [1.165, 1.54) is 0 Å². The van der Waals surface area contributed by atoms with Crippen molar-refractivity contribution < 1.29 is 0 Å². The smallest absolute Gasteiger partial charge is 0.0907 e. The van der Waals surface area contributed by atoms with Gasteiger partial charge in [0.15, 0.2) is 0 Å². The van der Waals surface area contributed by atoms with Gasteiger partial charge in [-0.05, 0) is 36.8 Å². The number of hydrogen-bond acceptors (Lipinski definition) is 4. The normalized spacial score (nSPS) is 10.9. The van der Waals surface area contributed by atoms with Gasteiger partial charge in [0.25, 0.3) is 0 Å². The zero-order valence-electron chi connectivity index (χ0n) is 11.0. The summed E-state index contributed by atoms with van der Waals surface area (Å²) in [5.74, 6) is 0. The Kier molecular flexibility index (Phi) is 3.51. The summed E-state index contributed by atoms with van der Waals surface area (Å²) in [6, 6.07) is 11.7. The number of fused-ring (bicyclic) bond motifs is 1. The molecular weight excluding hydrogens is 290 g/mol. The second kappa shape index (κ2) is 5.31. The lowest BCUT2D eigenvalue weighted by Gasteiger charge is -2.09. The molecule has 3 rings (SSSR count). The SMILES string of the molecule is Cc1nc2cc(NCc3cccc(Cl)c3)c(N)cc2s1. The van der Waals surface area contributed by atoms with Crippen molar-refractivity contribution in [3.63, 3.8) is 0 Å². The van der Waals surface area contributed by atoms with Gasteiger partial charge < -0.3 is 11.1 Å². The van der Waals surface area contributed by atoms with E-state index in [1.807, 2.05) is 43.3 Å². The fourth-order valence-corrected chi connectivity index (χ4v) is 3.17. The Bertz CT molecular complexity index is 767. The van der Waals surface area contributed by atoms with Gasteiger partial charge in [0.2, 0.25) is 0 Å². The van der Waals surface area contributed by atoms with Gasteiger partial charge in [-0.15, -0.1) is 11.3 Å². The average Bonchev–Trinajstić information content (AvgIpc) is 2.75. The molecule has 1 aromatic heterocycles. The average molecular weight is 304 g/mol. The van der Waals surface area contributed by atoms with Crippen molar-refractivity contribution >= 4 is 44.5 Å². The third-order valence-corrected chi connectivity index (χ3v) is 4.21. The number of nitrogens with zero attached hydrogens (tertiary/aromatic N) is 1. The van der Waals surface area contributed by atoms with Gasteiger partial charge in [0.1, 0.15) is 0 Å². The van der Waals surface area contributed by atoms with E-state index in [1.54, 1.807) is 11.3 Å². The van der Waals surface area contributed by atoms with Crippen LogP contribution >= 0.6 is 22.9 Å². The molecular formula is C15H14ClN3S. The van der Waals surface area contributed by atoms with Gasteiger partial charge in [-0.3, -0.25) is 0 Å². The molecule has 0 bridgehead atoms. The molecule has 0 amide bonds. The van der Waals surface area contributed by atoms with Crippen molar-refractivity contribution in [3.8, 4) is 0 Å². The fraction of sp³-hybridized carbons (Fsp3) is 0.133. The number of nitrogens with one attached hydrogen (secondary N) is 1. The second-order valence-corrected chi connectivity index (χ2v) is 6.29. The topological polar surface area (TPSA) is 50.9 Å². The Morgan fingerprint density at radius 3 is 2.95 bits per heavy atom. The summed E-state index contributed by atoms with van der Waals surface area (Å²) in [6.45, 7) is 2.68. The monoisotopic (exact) mass is 303 g/mol. The molecule has 0 fully saturated rings. The van der Waals surface area contributed by atoms with Gasteiger partial charge in [-0.1, -0.05) is 23.7 Å². The maximum atomic E-state index is 6.08. The lowest BCUT2D eigenvalue weighted by Crippen LogP contribution is -2.02. The zero-order chi connectivity index (χ0) is 14.1. The van der Waals surface area contributed by atoms with Gasteiger partial charge in [-0.2, -0.15) is 0 Å². The van der Waals surface area contributed by atoms with Crippen LogP contribution in [0.25, 0.3) is 10.2 Å². The second-order valence-electron chi connectivity index (χ2n) is 4.62. The lowest BCUT2D eigenvalue weighted by molar-refractivity contribution is 1.15. The van der Waals surface area contributed by atoms with Crippen LogP contribution < -0.4 is 11.1 Å². The maximum absolute atomic E-state index is 6.08. The molecule has 0 saturated carbocycles. The third kappa shape index (κ3) is 2.71. The minimum Gasteiger partial charge on any atom is -0.397 e. The van der Waals surface area contributed by atoms with E-state index in [2.05, 4.69) is 10.3 Å². The van der Waals surface area contributed by atoms with Crippen LogP contribution in [0.1, 0.15) is 10.6 Å². The van der Waals surface area contributed by atoms with Gasteiger partial charge in [0, 0.05) is 11.6 Å². The minimum absolute atomic E-state index is 0.680. The predicted octanol–water partition coefficient (Wildman–Crippen LogP) is 4.45. The van der Waals surface area contributed by atoms with Gasteiger partial charge >= 0.3 is 0 Å². The highest BCUT2D eigenvalue weighted by Crippen LogP contribution is 2.30. The van der Waals surface area contributed by atoms with Crippen LogP contribution in [0, 0.1) is 6.92 Å². The first-order chi connectivity index (χ1) is 9.61. The molecule has 0 aliphatic carbocycles. The summed E-state index contributed by atoms with van der Waals surface area (Å²) in [5, 5.41) is 5.13. The molecule has 0 aliphatic rings. The highest BCUT2D eigenvalue weighted by Gasteiger charge is 2.06. The summed E-state index contributed by atoms with van der Waals surface area (Å²) in [6.07, 6.45) is 0.